The Balaban J connectivity index is 1.67. The Hall–Kier alpha value is -2.06. The van der Waals surface area contributed by atoms with Crippen LogP contribution in [0, 0.1) is 11.3 Å². The van der Waals surface area contributed by atoms with Gasteiger partial charge in [-0.3, -0.25) is 4.79 Å². The number of nitriles is 1. The van der Waals surface area contributed by atoms with E-state index in [0.717, 1.165) is 25.9 Å². The zero-order chi connectivity index (χ0) is 14.2. The highest BCUT2D eigenvalue weighted by molar-refractivity contribution is 5.77. The number of amides is 1. The highest BCUT2D eigenvalue weighted by Gasteiger charge is 2.14. The van der Waals surface area contributed by atoms with E-state index in [1.165, 1.54) is 0 Å². The first-order valence-corrected chi connectivity index (χ1v) is 6.79. The molecule has 0 radical (unpaired) electrons. The number of ether oxygens (including phenoxy) is 2. The highest BCUT2D eigenvalue weighted by Crippen LogP contribution is 2.12. The zero-order valence-corrected chi connectivity index (χ0v) is 11.3. The second-order valence-corrected chi connectivity index (χ2v) is 4.72. The highest BCUT2D eigenvalue weighted by atomic mass is 16.5. The van der Waals surface area contributed by atoms with Crippen molar-refractivity contribution in [1.29, 1.82) is 5.26 Å². The lowest BCUT2D eigenvalue weighted by Gasteiger charge is -2.22. The van der Waals surface area contributed by atoms with Crippen molar-refractivity contribution in [2.24, 2.45) is 0 Å². The lowest BCUT2D eigenvalue weighted by molar-refractivity contribution is -0.124. The first-order valence-electron chi connectivity index (χ1n) is 6.79. The van der Waals surface area contributed by atoms with Crippen LogP contribution in [0.4, 0.5) is 0 Å². The van der Waals surface area contributed by atoms with E-state index in [1.807, 2.05) is 6.07 Å². The Morgan fingerprint density at radius 3 is 2.85 bits per heavy atom. The summed E-state index contributed by atoms with van der Waals surface area (Å²) in [5.41, 5.74) is 0.566. The molecular weight excluding hydrogens is 256 g/mol. The van der Waals surface area contributed by atoms with Crippen molar-refractivity contribution in [1.82, 2.24) is 5.32 Å². The van der Waals surface area contributed by atoms with Crippen molar-refractivity contribution in [2.45, 2.75) is 25.4 Å². The molecule has 1 aromatic rings. The minimum Gasteiger partial charge on any atom is -0.484 e. The minimum absolute atomic E-state index is 0.0291. The van der Waals surface area contributed by atoms with Crippen molar-refractivity contribution in [3.8, 4) is 11.8 Å². The summed E-state index contributed by atoms with van der Waals surface area (Å²) in [5.74, 6) is 0.414. The summed E-state index contributed by atoms with van der Waals surface area (Å²) >= 11 is 0. The fraction of sp³-hybridized carbons (Fsp3) is 0.467. The topological polar surface area (TPSA) is 71.3 Å². The maximum atomic E-state index is 11.6. The van der Waals surface area contributed by atoms with E-state index in [0.29, 0.717) is 17.9 Å². The molecule has 5 heteroatoms. The van der Waals surface area contributed by atoms with Gasteiger partial charge in [0.1, 0.15) is 5.75 Å². The lowest BCUT2D eigenvalue weighted by Crippen LogP contribution is -2.37. The van der Waals surface area contributed by atoms with E-state index in [9.17, 15) is 4.79 Å². The van der Waals surface area contributed by atoms with Gasteiger partial charge in [-0.1, -0.05) is 0 Å². The van der Waals surface area contributed by atoms with Crippen molar-refractivity contribution in [2.75, 3.05) is 19.8 Å². The van der Waals surface area contributed by atoms with E-state index in [1.54, 1.807) is 24.3 Å². The molecule has 0 aromatic heterocycles. The van der Waals surface area contributed by atoms with Gasteiger partial charge in [0.2, 0.25) is 0 Å². The molecule has 1 N–H and O–H groups in total. The molecule has 2 rings (SSSR count). The number of carbonyl (C=O) groups excluding carboxylic acids is 1. The molecule has 0 bridgehead atoms. The largest absolute Gasteiger partial charge is 0.484 e. The van der Waals surface area contributed by atoms with E-state index < -0.39 is 0 Å². The minimum atomic E-state index is -0.163. The number of hydrogen-bond donors (Lipinski definition) is 1. The van der Waals surface area contributed by atoms with Crippen LogP contribution >= 0.6 is 0 Å². The van der Waals surface area contributed by atoms with Gasteiger partial charge in [0.15, 0.2) is 6.61 Å². The van der Waals surface area contributed by atoms with Gasteiger partial charge in [0.25, 0.3) is 5.91 Å². The van der Waals surface area contributed by atoms with Crippen LogP contribution < -0.4 is 10.1 Å². The Kier molecular flexibility index (Phi) is 5.39. The molecule has 1 aliphatic rings. The third-order valence-corrected chi connectivity index (χ3v) is 3.15. The smallest absolute Gasteiger partial charge is 0.258 e. The van der Waals surface area contributed by atoms with Gasteiger partial charge < -0.3 is 14.8 Å². The molecule has 1 heterocycles. The van der Waals surface area contributed by atoms with Gasteiger partial charge in [-0.25, -0.2) is 0 Å². The van der Waals surface area contributed by atoms with E-state index >= 15 is 0 Å². The van der Waals surface area contributed by atoms with E-state index in [2.05, 4.69) is 5.32 Å². The quantitative estimate of drug-likeness (QED) is 0.885. The van der Waals surface area contributed by atoms with Crippen molar-refractivity contribution >= 4 is 5.91 Å². The van der Waals surface area contributed by atoms with Crippen LogP contribution in [0.15, 0.2) is 24.3 Å². The normalized spacial score (nSPS) is 18.1. The molecule has 106 valence electrons. The fourth-order valence-corrected chi connectivity index (χ4v) is 2.02. The van der Waals surface area contributed by atoms with Crippen LogP contribution in [0.3, 0.4) is 0 Å². The summed E-state index contributed by atoms with van der Waals surface area (Å²) in [6, 6.07) is 8.69. The molecule has 1 saturated heterocycles. The Morgan fingerprint density at radius 1 is 1.40 bits per heavy atom. The standard InChI is InChI=1S/C15H18N2O3/c16-9-12-4-6-13(7-5-12)20-11-15(18)17-10-14-3-1-2-8-19-14/h4-7,14H,1-3,8,10-11H2,(H,17,18). The van der Waals surface area contributed by atoms with Gasteiger partial charge in [0.05, 0.1) is 17.7 Å². The average Bonchev–Trinajstić information content (AvgIpc) is 2.52. The van der Waals surface area contributed by atoms with Gasteiger partial charge in [-0.2, -0.15) is 5.26 Å². The van der Waals surface area contributed by atoms with E-state index in [-0.39, 0.29) is 18.6 Å². The summed E-state index contributed by atoms with van der Waals surface area (Å²) < 4.78 is 10.9. The monoisotopic (exact) mass is 274 g/mol. The number of hydrogen-bond acceptors (Lipinski definition) is 4. The molecule has 1 atom stereocenters. The molecule has 1 aliphatic heterocycles. The van der Waals surface area contributed by atoms with Crippen LogP contribution in [0.25, 0.3) is 0 Å². The van der Waals surface area contributed by atoms with Gasteiger partial charge >= 0.3 is 0 Å². The molecular formula is C15H18N2O3. The number of carbonyl (C=O) groups is 1. The molecule has 1 unspecified atom stereocenters. The third-order valence-electron chi connectivity index (χ3n) is 3.15. The Morgan fingerprint density at radius 2 is 2.20 bits per heavy atom. The molecule has 20 heavy (non-hydrogen) atoms. The number of nitrogens with one attached hydrogen (secondary N) is 1. The predicted octanol–water partition coefficient (Wildman–Crippen LogP) is 1.62. The molecule has 1 aromatic carbocycles. The molecule has 0 saturated carbocycles. The lowest BCUT2D eigenvalue weighted by atomic mass is 10.1. The maximum absolute atomic E-state index is 11.6. The Labute approximate surface area is 118 Å². The second kappa shape index (κ2) is 7.51. The maximum Gasteiger partial charge on any atom is 0.258 e. The van der Waals surface area contributed by atoms with Crippen LogP contribution in [-0.4, -0.2) is 31.8 Å². The summed E-state index contributed by atoms with van der Waals surface area (Å²) in [7, 11) is 0. The van der Waals surface area contributed by atoms with Crippen molar-refractivity contribution < 1.29 is 14.3 Å². The van der Waals surface area contributed by atoms with E-state index in [4.69, 9.17) is 14.7 Å². The second-order valence-electron chi connectivity index (χ2n) is 4.72. The average molecular weight is 274 g/mol. The van der Waals surface area contributed by atoms with Gasteiger partial charge in [-0.05, 0) is 43.5 Å². The predicted molar refractivity (Wildman–Crippen MR) is 73.3 cm³/mol. The fourth-order valence-electron chi connectivity index (χ4n) is 2.02. The molecule has 0 spiro atoms. The Bertz CT molecular complexity index is 473. The van der Waals surface area contributed by atoms with Crippen molar-refractivity contribution in [3.05, 3.63) is 29.8 Å². The zero-order valence-electron chi connectivity index (χ0n) is 11.3. The number of benzene rings is 1. The number of rotatable bonds is 5. The summed E-state index contributed by atoms with van der Waals surface area (Å²) in [5, 5.41) is 11.5. The molecule has 1 fully saturated rings. The van der Waals surface area contributed by atoms with Crippen LogP contribution in [0.1, 0.15) is 24.8 Å². The van der Waals surface area contributed by atoms with Gasteiger partial charge in [-0.15, -0.1) is 0 Å². The van der Waals surface area contributed by atoms with Crippen LogP contribution in [-0.2, 0) is 9.53 Å². The molecule has 0 aliphatic carbocycles. The van der Waals surface area contributed by atoms with Gasteiger partial charge in [0, 0.05) is 13.2 Å². The summed E-state index contributed by atoms with van der Waals surface area (Å²) in [6.45, 7) is 1.29. The van der Waals surface area contributed by atoms with Crippen LogP contribution in [0.5, 0.6) is 5.75 Å². The summed E-state index contributed by atoms with van der Waals surface area (Å²) in [6.07, 6.45) is 3.38. The van der Waals surface area contributed by atoms with Crippen LogP contribution in [0.2, 0.25) is 0 Å². The first kappa shape index (κ1) is 14.4. The third kappa shape index (κ3) is 4.56. The first-order chi connectivity index (χ1) is 9.78. The van der Waals surface area contributed by atoms with Crippen molar-refractivity contribution in [3.63, 3.8) is 0 Å². The summed E-state index contributed by atoms with van der Waals surface area (Å²) in [4.78, 5) is 11.6. The number of nitrogens with zero attached hydrogens (tertiary/aromatic N) is 1. The molecule has 1 amide bonds. The SMILES string of the molecule is N#Cc1ccc(OCC(=O)NCC2CCCCO2)cc1. The molecule has 5 nitrogen and oxygen atoms in total.